The minimum absolute atomic E-state index is 0.0760. The van der Waals surface area contributed by atoms with Crippen molar-refractivity contribution in [2.24, 2.45) is 5.90 Å². The van der Waals surface area contributed by atoms with Gasteiger partial charge in [-0.1, -0.05) is 0 Å². The Hall–Kier alpha value is -1.53. The standard InChI is InChI=1S/C8H11N3O3/c1-5-3-10-7(4-14-9)6(2)8(5)11(12)13/h3H,4,9H2,1-2H3. The quantitative estimate of drug-likeness (QED) is 0.576. The second kappa shape index (κ2) is 4.12. The highest BCUT2D eigenvalue weighted by Crippen LogP contribution is 2.23. The number of hydrogen-bond donors (Lipinski definition) is 1. The Morgan fingerprint density at radius 3 is 2.79 bits per heavy atom. The zero-order valence-electron chi connectivity index (χ0n) is 7.98. The lowest BCUT2D eigenvalue weighted by molar-refractivity contribution is -0.386. The molecule has 1 aromatic rings. The Morgan fingerprint density at radius 2 is 2.29 bits per heavy atom. The molecule has 1 aromatic heterocycles. The summed E-state index contributed by atoms with van der Waals surface area (Å²) in [5.41, 5.74) is 1.60. The third-order valence-electron chi connectivity index (χ3n) is 1.98. The number of hydrogen-bond acceptors (Lipinski definition) is 5. The fourth-order valence-corrected chi connectivity index (χ4v) is 1.27. The monoisotopic (exact) mass is 197 g/mol. The van der Waals surface area contributed by atoms with E-state index in [1.165, 1.54) is 6.20 Å². The van der Waals surface area contributed by atoms with Crippen LogP contribution in [0.2, 0.25) is 0 Å². The van der Waals surface area contributed by atoms with Crippen molar-refractivity contribution in [1.82, 2.24) is 4.98 Å². The van der Waals surface area contributed by atoms with Crippen LogP contribution in [0.25, 0.3) is 0 Å². The molecule has 0 bridgehead atoms. The van der Waals surface area contributed by atoms with E-state index in [-0.39, 0.29) is 12.3 Å². The first kappa shape index (κ1) is 10.6. The molecule has 0 aromatic carbocycles. The molecule has 0 fully saturated rings. The molecule has 1 rings (SSSR count). The lowest BCUT2D eigenvalue weighted by Gasteiger charge is -2.05. The molecule has 0 saturated carbocycles. The predicted molar refractivity (Wildman–Crippen MR) is 49.3 cm³/mol. The molecule has 0 unspecified atom stereocenters. The molecule has 6 nitrogen and oxygen atoms in total. The Labute approximate surface area is 80.8 Å². The highest BCUT2D eigenvalue weighted by atomic mass is 16.6. The Kier molecular flexibility index (Phi) is 3.10. The summed E-state index contributed by atoms with van der Waals surface area (Å²) in [7, 11) is 0. The van der Waals surface area contributed by atoms with Crippen molar-refractivity contribution in [1.29, 1.82) is 0 Å². The van der Waals surface area contributed by atoms with Crippen LogP contribution in [0.15, 0.2) is 6.20 Å². The van der Waals surface area contributed by atoms with E-state index in [1.807, 2.05) is 0 Å². The second-order valence-corrected chi connectivity index (χ2v) is 2.93. The van der Waals surface area contributed by atoms with E-state index in [4.69, 9.17) is 5.90 Å². The summed E-state index contributed by atoms with van der Waals surface area (Å²) in [6.45, 7) is 3.35. The SMILES string of the molecule is Cc1cnc(CON)c(C)c1[N+](=O)[O-]. The van der Waals surface area contributed by atoms with Crippen LogP contribution < -0.4 is 5.90 Å². The maximum absolute atomic E-state index is 10.7. The zero-order chi connectivity index (χ0) is 10.7. The molecule has 0 amide bonds. The van der Waals surface area contributed by atoms with E-state index >= 15 is 0 Å². The van der Waals surface area contributed by atoms with Crippen LogP contribution in [0.1, 0.15) is 16.8 Å². The van der Waals surface area contributed by atoms with Crippen molar-refractivity contribution in [3.63, 3.8) is 0 Å². The van der Waals surface area contributed by atoms with Crippen molar-refractivity contribution in [2.45, 2.75) is 20.5 Å². The van der Waals surface area contributed by atoms with Crippen LogP contribution in [0, 0.1) is 24.0 Å². The lowest BCUT2D eigenvalue weighted by Crippen LogP contribution is -2.06. The van der Waals surface area contributed by atoms with E-state index in [0.29, 0.717) is 16.8 Å². The number of aromatic nitrogens is 1. The van der Waals surface area contributed by atoms with Crippen molar-refractivity contribution < 1.29 is 9.76 Å². The van der Waals surface area contributed by atoms with E-state index in [0.717, 1.165) is 0 Å². The van der Waals surface area contributed by atoms with Crippen LogP contribution in [-0.2, 0) is 11.4 Å². The zero-order valence-corrected chi connectivity index (χ0v) is 7.98. The van der Waals surface area contributed by atoms with Crippen LogP contribution in [0.4, 0.5) is 5.69 Å². The molecule has 1 heterocycles. The third kappa shape index (κ3) is 1.86. The van der Waals surface area contributed by atoms with Crippen LogP contribution in [0.5, 0.6) is 0 Å². The average Bonchev–Trinajstić information content (AvgIpc) is 2.10. The normalized spacial score (nSPS) is 10.2. The smallest absolute Gasteiger partial charge is 0.278 e. The first-order valence-corrected chi connectivity index (χ1v) is 3.99. The van der Waals surface area contributed by atoms with Crippen molar-refractivity contribution in [3.8, 4) is 0 Å². The summed E-state index contributed by atoms with van der Waals surface area (Å²) in [6, 6.07) is 0. The first-order valence-electron chi connectivity index (χ1n) is 3.99. The van der Waals surface area contributed by atoms with Gasteiger partial charge in [-0.15, -0.1) is 0 Å². The number of aryl methyl sites for hydroxylation is 1. The van der Waals surface area contributed by atoms with E-state index in [1.54, 1.807) is 13.8 Å². The maximum Gasteiger partial charge on any atom is 0.278 e. The molecule has 0 aliphatic rings. The summed E-state index contributed by atoms with van der Waals surface area (Å²) < 4.78 is 0. The molecule has 0 aliphatic carbocycles. The second-order valence-electron chi connectivity index (χ2n) is 2.93. The van der Waals surface area contributed by atoms with Crippen LogP contribution in [-0.4, -0.2) is 9.91 Å². The van der Waals surface area contributed by atoms with Gasteiger partial charge in [0.15, 0.2) is 0 Å². The predicted octanol–water partition coefficient (Wildman–Crippen LogP) is 0.997. The molecule has 0 spiro atoms. The number of rotatable bonds is 3. The molecule has 6 heteroatoms. The summed E-state index contributed by atoms with van der Waals surface area (Å²) in [5.74, 6) is 4.88. The Balaban J connectivity index is 3.26. The fraction of sp³-hybridized carbons (Fsp3) is 0.375. The van der Waals surface area contributed by atoms with Crippen molar-refractivity contribution in [2.75, 3.05) is 0 Å². The summed E-state index contributed by atoms with van der Waals surface area (Å²) in [5, 5.41) is 10.7. The topological polar surface area (TPSA) is 91.3 Å². The number of nitrogens with two attached hydrogens (primary N) is 1. The van der Waals surface area contributed by atoms with Crippen LogP contribution in [0.3, 0.4) is 0 Å². The Morgan fingerprint density at radius 1 is 1.64 bits per heavy atom. The van der Waals surface area contributed by atoms with Gasteiger partial charge in [0.25, 0.3) is 5.69 Å². The first-order chi connectivity index (χ1) is 6.57. The summed E-state index contributed by atoms with van der Waals surface area (Å²) in [4.78, 5) is 18.7. The van der Waals surface area contributed by atoms with Crippen molar-refractivity contribution >= 4 is 5.69 Å². The molecule has 0 radical (unpaired) electrons. The minimum atomic E-state index is -0.424. The number of nitrogens with zero attached hydrogens (tertiary/aromatic N) is 2. The van der Waals surface area contributed by atoms with Gasteiger partial charge < -0.3 is 0 Å². The molecule has 2 N–H and O–H groups in total. The van der Waals surface area contributed by atoms with Gasteiger partial charge in [-0.05, 0) is 13.8 Å². The Bertz CT molecular complexity index is 365. The highest BCUT2D eigenvalue weighted by molar-refractivity contribution is 5.47. The molecule has 0 aliphatic heterocycles. The summed E-state index contributed by atoms with van der Waals surface area (Å²) >= 11 is 0. The van der Waals surface area contributed by atoms with Gasteiger partial charge in [0.05, 0.1) is 16.2 Å². The maximum atomic E-state index is 10.7. The molecular weight excluding hydrogens is 186 g/mol. The lowest BCUT2D eigenvalue weighted by atomic mass is 10.1. The number of nitro groups is 1. The largest absolute Gasteiger partial charge is 0.298 e. The summed E-state index contributed by atoms with van der Waals surface area (Å²) in [6.07, 6.45) is 1.44. The van der Waals surface area contributed by atoms with E-state index in [2.05, 4.69) is 9.82 Å². The van der Waals surface area contributed by atoms with Gasteiger partial charge >= 0.3 is 0 Å². The molecule has 0 atom stereocenters. The van der Waals surface area contributed by atoms with Gasteiger partial charge in [0, 0.05) is 11.8 Å². The van der Waals surface area contributed by atoms with Gasteiger partial charge in [-0.25, -0.2) is 5.90 Å². The van der Waals surface area contributed by atoms with Gasteiger partial charge in [-0.3, -0.25) is 19.9 Å². The van der Waals surface area contributed by atoms with Crippen LogP contribution >= 0.6 is 0 Å². The average molecular weight is 197 g/mol. The molecule has 76 valence electrons. The van der Waals surface area contributed by atoms with Crippen molar-refractivity contribution in [3.05, 3.63) is 33.1 Å². The van der Waals surface area contributed by atoms with Gasteiger partial charge in [-0.2, -0.15) is 0 Å². The molecule has 14 heavy (non-hydrogen) atoms. The van der Waals surface area contributed by atoms with E-state index in [9.17, 15) is 10.1 Å². The molecular formula is C8H11N3O3. The third-order valence-corrected chi connectivity index (χ3v) is 1.98. The minimum Gasteiger partial charge on any atom is -0.298 e. The van der Waals surface area contributed by atoms with Gasteiger partial charge in [0.2, 0.25) is 0 Å². The number of pyridine rings is 1. The van der Waals surface area contributed by atoms with Gasteiger partial charge in [0.1, 0.15) is 6.61 Å². The molecule has 0 saturated heterocycles. The highest BCUT2D eigenvalue weighted by Gasteiger charge is 2.18. The fourth-order valence-electron chi connectivity index (χ4n) is 1.27. The van der Waals surface area contributed by atoms with E-state index < -0.39 is 4.92 Å².